The zero-order valence-electron chi connectivity index (χ0n) is 8.90. The summed E-state index contributed by atoms with van der Waals surface area (Å²) in [7, 11) is 4.30. The van der Waals surface area contributed by atoms with E-state index >= 15 is 0 Å². The van der Waals surface area contributed by atoms with E-state index in [0.717, 1.165) is 12.5 Å². The molecule has 1 unspecified atom stereocenters. The van der Waals surface area contributed by atoms with Crippen molar-refractivity contribution < 1.29 is 0 Å². The van der Waals surface area contributed by atoms with E-state index in [0.29, 0.717) is 6.04 Å². The van der Waals surface area contributed by atoms with Crippen LogP contribution >= 0.6 is 0 Å². The van der Waals surface area contributed by atoms with Crippen molar-refractivity contribution in [3.05, 3.63) is 12.4 Å². The number of imidazole rings is 1. The van der Waals surface area contributed by atoms with Gasteiger partial charge in [0, 0.05) is 32.0 Å². The Morgan fingerprint density at radius 1 is 1.64 bits per heavy atom. The van der Waals surface area contributed by atoms with E-state index in [1.54, 1.807) is 6.20 Å². The Balaban J connectivity index is 2.00. The summed E-state index contributed by atoms with van der Waals surface area (Å²) in [6.07, 6.45) is 6.23. The van der Waals surface area contributed by atoms with Gasteiger partial charge in [-0.05, 0) is 26.4 Å². The molecule has 14 heavy (non-hydrogen) atoms. The smallest absolute Gasteiger partial charge is 0.202 e. The third-order valence-electron chi connectivity index (χ3n) is 2.97. The van der Waals surface area contributed by atoms with Gasteiger partial charge in [-0.3, -0.25) is 0 Å². The fraction of sp³-hybridized carbons (Fsp3) is 0.700. The molecule has 1 aliphatic rings. The Morgan fingerprint density at radius 2 is 2.50 bits per heavy atom. The van der Waals surface area contributed by atoms with E-state index in [9.17, 15) is 0 Å². The van der Waals surface area contributed by atoms with Crippen LogP contribution in [0.15, 0.2) is 12.4 Å². The number of nitrogens with zero attached hydrogens (tertiary/aromatic N) is 3. The van der Waals surface area contributed by atoms with Crippen molar-refractivity contribution in [3.8, 4) is 0 Å². The topological polar surface area (TPSA) is 35.2 Å². The number of piperidine rings is 1. The summed E-state index contributed by atoms with van der Waals surface area (Å²) in [5.41, 5.74) is 0. The Morgan fingerprint density at radius 3 is 3.14 bits per heavy atom. The molecule has 0 aromatic carbocycles. The van der Waals surface area contributed by atoms with E-state index in [-0.39, 0.29) is 0 Å². The third kappa shape index (κ3) is 1.90. The molecule has 1 fully saturated rings. The molecule has 1 aromatic heterocycles. The van der Waals surface area contributed by atoms with E-state index in [2.05, 4.69) is 33.9 Å². The van der Waals surface area contributed by atoms with Crippen molar-refractivity contribution in [2.24, 2.45) is 0 Å². The first-order valence-electron chi connectivity index (χ1n) is 5.18. The fourth-order valence-corrected chi connectivity index (χ4v) is 2.08. The van der Waals surface area contributed by atoms with Crippen LogP contribution in [0.4, 0.5) is 5.95 Å². The fourth-order valence-electron chi connectivity index (χ4n) is 2.08. The Hall–Kier alpha value is -1.03. The van der Waals surface area contributed by atoms with Crippen molar-refractivity contribution in [3.63, 3.8) is 0 Å². The average molecular weight is 194 g/mol. The predicted molar refractivity (Wildman–Crippen MR) is 57.5 cm³/mol. The number of aromatic amines is 1. The molecule has 0 amide bonds. The molecule has 78 valence electrons. The molecular weight excluding hydrogens is 176 g/mol. The second-order valence-electron chi connectivity index (χ2n) is 4.08. The lowest BCUT2D eigenvalue weighted by Gasteiger charge is -2.35. The van der Waals surface area contributed by atoms with Gasteiger partial charge < -0.3 is 14.8 Å². The minimum atomic E-state index is 0.597. The van der Waals surface area contributed by atoms with Crippen LogP contribution in [0.25, 0.3) is 0 Å². The number of likely N-dealkylation sites (tertiary alicyclic amines) is 1. The van der Waals surface area contributed by atoms with Crippen LogP contribution in [0.1, 0.15) is 12.8 Å². The maximum atomic E-state index is 4.27. The van der Waals surface area contributed by atoms with Crippen LogP contribution in [-0.2, 0) is 0 Å². The van der Waals surface area contributed by atoms with Gasteiger partial charge in [-0.25, -0.2) is 4.98 Å². The molecular formula is C10H18N4. The quantitative estimate of drug-likeness (QED) is 0.761. The van der Waals surface area contributed by atoms with Gasteiger partial charge in [0.1, 0.15) is 0 Å². The SMILES string of the molecule is CN1CCCC(N(C)c2ncc[nH]2)C1. The standard InChI is InChI=1S/C10H18N4/c1-13-7-3-4-9(8-13)14(2)10-11-5-6-12-10/h5-6,9H,3-4,7-8H2,1-2H3,(H,11,12). The minimum absolute atomic E-state index is 0.597. The number of H-pyrrole nitrogens is 1. The van der Waals surface area contributed by atoms with Gasteiger partial charge in [-0.15, -0.1) is 0 Å². The van der Waals surface area contributed by atoms with E-state index < -0.39 is 0 Å². The van der Waals surface area contributed by atoms with Crippen molar-refractivity contribution in [1.82, 2.24) is 14.9 Å². The van der Waals surface area contributed by atoms with Crippen LogP contribution in [0.2, 0.25) is 0 Å². The van der Waals surface area contributed by atoms with Gasteiger partial charge in [-0.2, -0.15) is 0 Å². The molecule has 2 heterocycles. The summed E-state index contributed by atoms with van der Waals surface area (Å²) in [6, 6.07) is 0.597. The van der Waals surface area contributed by atoms with Crippen molar-refractivity contribution >= 4 is 5.95 Å². The van der Waals surface area contributed by atoms with Gasteiger partial charge in [-0.1, -0.05) is 0 Å². The van der Waals surface area contributed by atoms with Crippen LogP contribution in [-0.4, -0.2) is 48.1 Å². The highest BCUT2D eigenvalue weighted by Crippen LogP contribution is 2.16. The lowest BCUT2D eigenvalue weighted by molar-refractivity contribution is 0.247. The second kappa shape index (κ2) is 4.00. The summed E-state index contributed by atoms with van der Waals surface area (Å²) < 4.78 is 0. The largest absolute Gasteiger partial charge is 0.341 e. The zero-order valence-corrected chi connectivity index (χ0v) is 8.90. The number of likely N-dealkylation sites (N-methyl/N-ethyl adjacent to an activating group) is 2. The average Bonchev–Trinajstić information content (AvgIpc) is 2.69. The van der Waals surface area contributed by atoms with Crippen molar-refractivity contribution in [1.29, 1.82) is 0 Å². The number of anilines is 1. The van der Waals surface area contributed by atoms with E-state index in [1.807, 2.05) is 6.20 Å². The molecule has 1 atom stereocenters. The first kappa shape index (κ1) is 9.52. The Bertz CT molecular complexity index is 270. The molecule has 0 bridgehead atoms. The summed E-state index contributed by atoms with van der Waals surface area (Å²) in [6.45, 7) is 2.36. The van der Waals surface area contributed by atoms with Crippen LogP contribution < -0.4 is 4.90 Å². The van der Waals surface area contributed by atoms with Gasteiger partial charge in [0.2, 0.25) is 5.95 Å². The third-order valence-corrected chi connectivity index (χ3v) is 2.97. The Labute approximate surface area is 84.9 Å². The number of hydrogen-bond donors (Lipinski definition) is 1. The monoisotopic (exact) mass is 194 g/mol. The molecule has 0 saturated carbocycles. The maximum Gasteiger partial charge on any atom is 0.202 e. The van der Waals surface area contributed by atoms with Gasteiger partial charge in [0.05, 0.1) is 0 Å². The molecule has 1 aromatic rings. The number of nitrogens with one attached hydrogen (secondary N) is 1. The number of aromatic nitrogens is 2. The molecule has 2 rings (SSSR count). The van der Waals surface area contributed by atoms with Gasteiger partial charge in [0.25, 0.3) is 0 Å². The van der Waals surface area contributed by atoms with Crippen LogP contribution in [0.5, 0.6) is 0 Å². The van der Waals surface area contributed by atoms with Crippen molar-refractivity contribution in [2.75, 3.05) is 32.1 Å². The van der Waals surface area contributed by atoms with E-state index in [1.165, 1.54) is 19.4 Å². The highest BCUT2D eigenvalue weighted by Gasteiger charge is 2.22. The maximum absolute atomic E-state index is 4.27. The van der Waals surface area contributed by atoms with Crippen LogP contribution in [0.3, 0.4) is 0 Å². The molecule has 0 aliphatic carbocycles. The van der Waals surface area contributed by atoms with Crippen molar-refractivity contribution in [2.45, 2.75) is 18.9 Å². The van der Waals surface area contributed by atoms with E-state index in [4.69, 9.17) is 0 Å². The predicted octanol–water partition coefficient (Wildman–Crippen LogP) is 0.940. The minimum Gasteiger partial charge on any atom is -0.341 e. The Kier molecular flexibility index (Phi) is 2.72. The summed E-state index contributed by atoms with van der Waals surface area (Å²) in [5.74, 6) is 0.977. The molecule has 4 heteroatoms. The molecule has 1 saturated heterocycles. The molecule has 1 aliphatic heterocycles. The van der Waals surface area contributed by atoms with Gasteiger partial charge in [0.15, 0.2) is 0 Å². The normalized spacial score (nSPS) is 23.7. The summed E-state index contributed by atoms with van der Waals surface area (Å²) in [5, 5.41) is 0. The lowest BCUT2D eigenvalue weighted by atomic mass is 10.1. The van der Waals surface area contributed by atoms with Crippen LogP contribution in [0, 0.1) is 0 Å². The van der Waals surface area contributed by atoms with Gasteiger partial charge >= 0.3 is 0 Å². The highest BCUT2D eigenvalue weighted by atomic mass is 15.3. The summed E-state index contributed by atoms with van der Waals surface area (Å²) >= 11 is 0. The lowest BCUT2D eigenvalue weighted by Crippen LogP contribution is -2.45. The number of rotatable bonds is 2. The molecule has 1 N–H and O–H groups in total. The first-order chi connectivity index (χ1) is 6.77. The molecule has 4 nitrogen and oxygen atoms in total. The first-order valence-corrected chi connectivity index (χ1v) is 5.18. The second-order valence-corrected chi connectivity index (χ2v) is 4.08. The highest BCUT2D eigenvalue weighted by molar-refractivity contribution is 5.29. The zero-order chi connectivity index (χ0) is 9.97. The molecule has 0 radical (unpaired) electrons. The number of hydrogen-bond acceptors (Lipinski definition) is 3. The molecule has 0 spiro atoms. The summed E-state index contributed by atoms with van der Waals surface area (Å²) in [4.78, 5) is 12.0.